The molecule has 0 radical (unpaired) electrons. The Morgan fingerprint density at radius 1 is 1.17 bits per heavy atom. The summed E-state index contributed by atoms with van der Waals surface area (Å²) in [6.07, 6.45) is 8.16. The van der Waals surface area contributed by atoms with E-state index in [9.17, 15) is 0 Å². The van der Waals surface area contributed by atoms with Gasteiger partial charge in [0.05, 0.1) is 0 Å². The Hall–Kier alpha value is -0.480. The molecule has 0 aliphatic heterocycles. The molecule has 2 rings (SSSR count). The van der Waals surface area contributed by atoms with Crippen LogP contribution in [-0.2, 0) is 6.54 Å². The Kier molecular flexibility index (Phi) is 5.57. The second-order valence-corrected chi connectivity index (χ2v) is 6.84. The molecule has 1 aliphatic carbocycles. The van der Waals surface area contributed by atoms with Crippen molar-refractivity contribution in [3.8, 4) is 0 Å². The fourth-order valence-electron chi connectivity index (χ4n) is 2.50. The van der Waals surface area contributed by atoms with Crippen molar-refractivity contribution >= 4 is 11.3 Å². The van der Waals surface area contributed by atoms with Crippen LogP contribution in [-0.4, -0.2) is 16.7 Å². The van der Waals surface area contributed by atoms with Gasteiger partial charge in [-0.05, 0) is 25.3 Å². The van der Waals surface area contributed by atoms with Gasteiger partial charge in [0.15, 0.2) is 0 Å². The van der Waals surface area contributed by atoms with Gasteiger partial charge >= 0.3 is 0 Å². The van der Waals surface area contributed by atoms with Crippen LogP contribution < -0.4 is 5.32 Å². The summed E-state index contributed by atoms with van der Waals surface area (Å²) in [6, 6.07) is 0. The SMILES string of the molecule is CC(C)CNCc1nnc(C2CCCCCC2)s1. The van der Waals surface area contributed by atoms with Crippen LogP contribution in [0.5, 0.6) is 0 Å². The molecule has 1 aromatic heterocycles. The van der Waals surface area contributed by atoms with Gasteiger partial charge in [0.25, 0.3) is 0 Å². The van der Waals surface area contributed by atoms with E-state index < -0.39 is 0 Å². The highest BCUT2D eigenvalue weighted by Gasteiger charge is 2.18. The average molecular weight is 267 g/mol. The molecule has 0 aromatic carbocycles. The van der Waals surface area contributed by atoms with Crippen LogP contribution in [0.1, 0.15) is 68.3 Å². The molecule has 0 unspecified atom stereocenters. The predicted octanol–water partition coefficient (Wildman–Crippen LogP) is 3.72. The maximum Gasteiger partial charge on any atom is 0.131 e. The second-order valence-electron chi connectivity index (χ2n) is 5.75. The Bertz CT molecular complexity index is 341. The highest BCUT2D eigenvalue weighted by atomic mass is 32.1. The minimum atomic E-state index is 0.684. The van der Waals surface area contributed by atoms with Crippen molar-refractivity contribution in [2.75, 3.05) is 6.54 Å². The Balaban J connectivity index is 1.84. The molecular formula is C14H25N3S. The molecular weight excluding hydrogens is 242 g/mol. The minimum Gasteiger partial charge on any atom is -0.310 e. The van der Waals surface area contributed by atoms with E-state index in [2.05, 4.69) is 29.4 Å². The smallest absolute Gasteiger partial charge is 0.131 e. The van der Waals surface area contributed by atoms with Gasteiger partial charge in [-0.15, -0.1) is 10.2 Å². The highest BCUT2D eigenvalue weighted by Crippen LogP contribution is 2.32. The van der Waals surface area contributed by atoms with Crippen LogP contribution in [0.4, 0.5) is 0 Å². The number of aromatic nitrogens is 2. The van der Waals surface area contributed by atoms with E-state index in [1.807, 2.05) is 11.3 Å². The average Bonchev–Trinajstić information content (AvgIpc) is 2.63. The van der Waals surface area contributed by atoms with Crippen LogP contribution in [0.2, 0.25) is 0 Å². The fourth-order valence-corrected chi connectivity index (χ4v) is 3.48. The van der Waals surface area contributed by atoms with Gasteiger partial charge < -0.3 is 5.32 Å². The van der Waals surface area contributed by atoms with Gasteiger partial charge in [-0.25, -0.2) is 0 Å². The van der Waals surface area contributed by atoms with Crippen LogP contribution in [0.25, 0.3) is 0 Å². The van der Waals surface area contributed by atoms with Crippen LogP contribution in [0.3, 0.4) is 0 Å². The summed E-state index contributed by atoms with van der Waals surface area (Å²) in [6.45, 7) is 6.38. The van der Waals surface area contributed by atoms with Crippen molar-refractivity contribution in [3.05, 3.63) is 10.0 Å². The fraction of sp³-hybridized carbons (Fsp3) is 0.857. The molecule has 1 saturated carbocycles. The van der Waals surface area contributed by atoms with Crippen molar-refractivity contribution in [1.29, 1.82) is 0 Å². The Labute approximate surface area is 114 Å². The highest BCUT2D eigenvalue weighted by molar-refractivity contribution is 7.11. The molecule has 0 saturated heterocycles. The van der Waals surface area contributed by atoms with Gasteiger partial charge in [0, 0.05) is 12.5 Å². The molecule has 0 bridgehead atoms. The standard InChI is InChI=1S/C14H25N3S/c1-11(2)9-15-10-13-16-17-14(18-13)12-7-5-3-4-6-8-12/h11-12,15H,3-10H2,1-2H3. The van der Waals surface area contributed by atoms with Crippen LogP contribution in [0, 0.1) is 5.92 Å². The van der Waals surface area contributed by atoms with E-state index in [4.69, 9.17) is 0 Å². The van der Waals surface area contributed by atoms with Gasteiger partial charge in [-0.3, -0.25) is 0 Å². The monoisotopic (exact) mass is 267 g/mol. The minimum absolute atomic E-state index is 0.684. The topological polar surface area (TPSA) is 37.8 Å². The van der Waals surface area contributed by atoms with E-state index in [1.165, 1.54) is 43.5 Å². The lowest BCUT2D eigenvalue weighted by Crippen LogP contribution is -2.18. The molecule has 0 amide bonds. The largest absolute Gasteiger partial charge is 0.310 e. The second kappa shape index (κ2) is 7.19. The normalized spacial score (nSPS) is 18.2. The lowest BCUT2D eigenvalue weighted by Gasteiger charge is -2.08. The summed E-state index contributed by atoms with van der Waals surface area (Å²) >= 11 is 1.82. The van der Waals surface area contributed by atoms with E-state index in [0.29, 0.717) is 11.8 Å². The maximum absolute atomic E-state index is 4.41. The number of nitrogens with zero attached hydrogens (tertiary/aromatic N) is 2. The summed E-state index contributed by atoms with van der Waals surface area (Å²) in [5.41, 5.74) is 0. The molecule has 4 heteroatoms. The first-order valence-corrected chi connectivity index (χ1v) is 8.10. The van der Waals surface area contributed by atoms with E-state index in [-0.39, 0.29) is 0 Å². The van der Waals surface area contributed by atoms with Crippen molar-refractivity contribution in [2.45, 2.75) is 64.8 Å². The first-order valence-electron chi connectivity index (χ1n) is 7.28. The summed E-state index contributed by atoms with van der Waals surface area (Å²) in [4.78, 5) is 0. The molecule has 102 valence electrons. The van der Waals surface area contributed by atoms with Crippen molar-refractivity contribution < 1.29 is 0 Å². The third kappa shape index (κ3) is 4.32. The third-order valence-corrected chi connectivity index (χ3v) is 4.60. The van der Waals surface area contributed by atoms with Crippen molar-refractivity contribution in [2.24, 2.45) is 5.92 Å². The first kappa shape index (κ1) is 13.9. The zero-order valence-electron chi connectivity index (χ0n) is 11.6. The van der Waals surface area contributed by atoms with Gasteiger partial charge in [-0.1, -0.05) is 50.9 Å². The zero-order valence-corrected chi connectivity index (χ0v) is 12.4. The van der Waals surface area contributed by atoms with E-state index in [1.54, 1.807) is 0 Å². The Morgan fingerprint density at radius 3 is 2.56 bits per heavy atom. The molecule has 0 atom stereocenters. The maximum atomic E-state index is 4.41. The summed E-state index contributed by atoms with van der Waals surface area (Å²) in [5, 5.41) is 14.6. The molecule has 1 aliphatic rings. The molecule has 1 fully saturated rings. The van der Waals surface area contributed by atoms with Crippen LogP contribution in [0.15, 0.2) is 0 Å². The van der Waals surface area contributed by atoms with E-state index >= 15 is 0 Å². The van der Waals surface area contributed by atoms with Gasteiger partial charge in [-0.2, -0.15) is 0 Å². The number of hydrogen-bond donors (Lipinski definition) is 1. The van der Waals surface area contributed by atoms with Crippen LogP contribution >= 0.6 is 11.3 Å². The van der Waals surface area contributed by atoms with Crippen molar-refractivity contribution in [1.82, 2.24) is 15.5 Å². The third-order valence-electron chi connectivity index (χ3n) is 3.52. The number of hydrogen-bond acceptors (Lipinski definition) is 4. The molecule has 0 spiro atoms. The predicted molar refractivity (Wildman–Crippen MR) is 76.9 cm³/mol. The quantitative estimate of drug-likeness (QED) is 0.826. The molecule has 18 heavy (non-hydrogen) atoms. The number of rotatable bonds is 5. The van der Waals surface area contributed by atoms with Gasteiger partial charge in [0.1, 0.15) is 10.0 Å². The van der Waals surface area contributed by atoms with Gasteiger partial charge in [0.2, 0.25) is 0 Å². The molecule has 1 heterocycles. The molecule has 1 aromatic rings. The Morgan fingerprint density at radius 2 is 1.89 bits per heavy atom. The first-order chi connectivity index (χ1) is 8.75. The molecule has 1 N–H and O–H groups in total. The van der Waals surface area contributed by atoms with E-state index in [0.717, 1.165) is 18.1 Å². The van der Waals surface area contributed by atoms with Crippen molar-refractivity contribution in [3.63, 3.8) is 0 Å². The lowest BCUT2D eigenvalue weighted by molar-refractivity contribution is 0.549. The summed E-state index contributed by atoms with van der Waals surface area (Å²) < 4.78 is 0. The zero-order chi connectivity index (χ0) is 12.8. The lowest BCUT2D eigenvalue weighted by atomic mass is 10.0. The summed E-state index contributed by atoms with van der Waals surface area (Å²) in [7, 11) is 0. The summed E-state index contributed by atoms with van der Waals surface area (Å²) in [5.74, 6) is 1.38. The molecule has 3 nitrogen and oxygen atoms in total. The number of nitrogens with one attached hydrogen (secondary N) is 1.